The number of aliphatic hydroxyl groups is 1. The average Bonchev–Trinajstić information content (AvgIpc) is 2.39. The number of nitrogens with one attached hydrogen (secondary N) is 1. The fourth-order valence-corrected chi connectivity index (χ4v) is 2.69. The maximum atomic E-state index is 12.0. The molecule has 0 saturated heterocycles. The molecule has 4 nitrogen and oxygen atoms in total. The number of carbonyl (C=O) groups excluding carboxylic acids is 1. The van der Waals surface area contributed by atoms with Gasteiger partial charge in [0.05, 0.1) is 22.4 Å². The first kappa shape index (κ1) is 14.2. The van der Waals surface area contributed by atoms with Crippen LogP contribution < -0.4 is 11.1 Å². The third-order valence-electron chi connectivity index (χ3n) is 3.60. The Labute approximate surface area is 117 Å². The Balaban J connectivity index is 1.92. The number of rotatable bonds is 3. The maximum absolute atomic E-state index is 12.0. The van der Waals surface area contributed by atoms with E-state index < -0.39 is 0 Å². The van der Waals surface area contributed by atoms with E-state index >= 15 is 0 Å². The van der Waals surface area contributed by atoms with Gasteiger partial charge in [0, 0.05) is 6.54 Å². The van der Waals surface area contributed by atoms with Gasteiger partial charge in [-0.25, -0.2) is 0 Å². The summed E-state index contributed by atoms with van der Waals surface area (Å²) in [5, 5.41) is 12.9. The molecule has 0 heterocycles. The Morgan fingerprint density at radius 2 is 2.26 bits per heavy atom. The van der Waals surface area contributed by atoms with E-state index in [1.807, 2.05) is 0 Å². The van der Waals surface area contributed by atoms with Crippen LogP contribution in [0.1, 0.15) is 36.0 Å². The Bertz CT molecular complexity index is 465. The van der Waals surface area contributed by atoms with Crippen LogP contribution >= 0.6 is 11.6 Å². The van der Waals surface area contributed by atoms with Gasteiger partial charge < -0.3 is 16.2 Å². The van der Waals surface area contributed by atoms with E-state index in [2.05, 4.69) is 5.32 Å². The molecule has 104 valence electrons. The highest BCUT2D eigenvalue weighted by atomic mass is 35.5. The number of aliphatic hydroxyl groups excluding tert-OH is 1. The zero-order chi connectivity index (χ0) is 13.8. The normalized spacial score (nSPS) is 23.1. The summed E-state index contributed by atoms with van der Waals surface area (Å²) >= 11 is 5.89. The smallest absolute Gasteiger partial charge is 0.253 e. The predicted octanol–water partition coefficient (Wildman–Crippen LogP) is 2.20. The molecule has 2 atom stereocenters. The number of para-hydroxylation sites is 1. The van der Waals surface area contributed by atoms with Gasteiger partial charge in [0.15, 0.2) is 0 Å². The second kappa shape index (κ2) is 6.26. The van der Waals surface area contributed by atoms with Crippen LogP contribution in [0.5, 0.6) is 0 Å². The summed E-state index contributed by atoms with van der Waals surface area (Å²) in [6.07, 6.45) is 3.45. The zero-order valence-electron chi connectivity index (χ0n) is 10.7. The van der Waals surface area contributed by atoms with Crippen molar-refractivity contribution in [3.8, 4) is 0 Å². The van der Waals surface area contributed by atoms with Crippen molar-refractivity contribution in [2.75, 3.05) is 12.3 Å². The van der Waals surface area contributed by atoms with Gasteiger partial charge in [-0.2, -0.15) is 0 Å². The lowest BCUT2D eigenvalue weighted by atomic mass is 9.87. The molecule has 4 N–H and O–H groups in total. The lowest BCUT2D eigenvalue weighted by Gasteiger charge is -2.26. The summed E-state index contributed by atoms with van der Waals surface area (Å²) in [6.45, 7) is 0.571. The highest BCUT2D eigenvalue weighted by Crippen LogP contribution is 2.24. The molecule has 5 heteroatoms. The third kappa shape index (κ3) is 3.61. The lowest BCUT2D eigenvalue weighted by molar-refractivity contribution is 0.0874. The van der Waals surface area contributed by atoms with Crippen molar-refractivity contribution in [2.45, 2.75) is 31.8 Å². The fraction of sp³-hybridized carbons (Fsp3) is 0.500. The predicted molar refractivity (Wildman–Crippen MR) is 76.2 cm³/mol. The summed E-state index contributed by atoms with van der Waals surface area (Å²) in [6, 6.07) is 5.02. The molecule has 1 amide bonds. The second-order valence-electron chi connectivity index (χ2n) is 5.10. The van der Waals surface area contributed by atoms with E-state index in [0.717, 1.165) is 25.7 Å². The number of hydrogen-bond donors (Lipinski definition) is 3. The molecule has 1 fully saturated rings. The van der Waals surface area contributed by atoms with Crippen molar-refractivity contribution in [1.82, 2.24) is 5.32 Å². The van der Waals surface area contributed by atoms with E-state index in [0.29, 0.717) is 28.7 Å². The molecular weight excluding hydrogens is 264 g/mol. The van der Waals surface area contributed by atoms with Crippen molar-refractivity contribution in [1.29, 1.82) is 0 Å². The number of amides is 1. The number of nitrogen functional groups attached to an aromatic ring is 1. The topological polar surface area (TPSA) is 75.4 Å². The minimum absolute atomic E-state index is 0.208. The second-order valence-corrected chi connectivity index (χ2v) is 5.50. The molecule has 1 aromatic rings. The average molecular weight is 283 g/mol. The van der Waals surface area contributed by atoms with E-state index in [-0.39, 0.29) is 12.0 Å². The Morgan fingerprint density at radius 1 is 1.47 bits per heavy atom. The standard InChI is InChI=1S/C14H19ClN2O2/c15-12-6-2-5-11(13(12)16)14(19)17-8-9-3-1-4-10(18)7-9/h2,5-6,9-10,18H,1,3-4,7-8,16H2,(H,17,19). The van der Waals surface area contributed by atoms with Crippen LogP contribution in [-0.4, -0.2) is 23.7 Å². The van der Waals surface area contributed by atoms with E-state index in [4.69, 9.17) is 17.3 Å². The first-order valence-corrected chi connectivity index (χ1v) is 6.96. The molecule has 19 heavy (non-hydrogen) atoms. The Morgan fingerprint density at radius 3 is 3.00 bits per heavy atom. The molecule has 1 aliphatic carbocycles. The molecule has 1 saturated carbocycles. The minimum Gasteiger partial charge on any atom is -0.397 e. The van der Waals surface area contributed by atoms with Gasteiger partial charge in [-0.15, -0.1) is 0 Å². The van der Waals surface area contributed by atoms with Gasteiger partial charge >= 0.3 is 0 Å². The SMILES string of the molecule is Nc1c(Cl)cccc1C(=O)NCC1CCCC(O)C1. The molecule has 2 unspecified atom stereocenters. The first-order valence-electron chi connectivity index (χ1n) is 6.58. The summed E-state index contributed by atoms with van der Waals surface area (Å²) in [4.78, 5) is 12.0. The van der Waals surface area contributed by atoms with Gasteiger partial charge in [-0.3, -0.25) is 4.79 Å². The van der Waals surface area contributed by atoms with Gasteiger partial charge in [0.2, 0.25) is 0 Å². The highest BCUT2D eigenvalue weighted by molar-refractivity contribution is 6.33. The van der Waals surface area contributed by atoms with Crippen molar-refractivity contribution in [3.05, 3.63) is 28.8 Å². The molecule has 0 spiro atoms. The molecule has 2 rings (SSSR count). The zero-order valence-corrected chi connectivity index (χ0v) is 11.5. The Kier molecular flexibility index (Phi) is 4.66. The van der Waals surface area contributed by atoms with E-state index in [1.165, 1.54) is 0 Å². The number of anilines is 1. The minimum atomic E-state index is -0.230. The number of benzene rings is 1. The molecule has 0 aliphatic heterocycles. The summed E-state index contributed by atoms with van der Waals surface area (Å²) in [5.74, 6) is 0.133. The maximum Gasteiger partial charge on any atom is 0.253 e. The summed E-state index contributed by atoms with van der Waals surface area (Å²) in [5.41, 5.74) is 6.50. The van der Waals surface area contributed by atoms with Gasteiger partial charge in [-0.05, 0) is 37.3 Å². The van der Waals surface area contributed by atoms with Crippen LogP contribution in [-0.2, 0) is 0 Å². The van der Waals surface area contributed by atoms with Crippen LogP contribution in [0.3, 0.4) is 0 Å². The van der Waals surface area contributed by atoms with E-state index in [9.17, 15) is 9.90 Å². The quantitative estimate of drug-likeness (QED) is 0.744. The number of carbonyl (C=O) groups is 1. The third-order valence-corrected chi connectivity index (χ3v) is 3.93. The largest absolute Gasteiger partial charge is 0.397 e. The van der Waals surface area contributed by atoms with Crippen LogP contribution in [0, 0.1) is 5.92 Å². The first-order chi connectivity index (χ1) is 9.08. The molecule has 0 aromatic heterocycles. The monoisotopic (exact) mass is 282 g/mol. The van der Waals surface area contributed by atoms with Gasteiger partial charge in [-0.1, -0.05) is 24.1 Å². The van der Waals surface area contributed by atoms with Crippen molar-refractivity contribution >= 4 is 23.2 Å². The Hall–Kier alpha value is -1.26. The number of halogens is 1. The number of hydrogen-bond acceptors (Lipinski definition) is 3. The van der Waals surface area contributed by atoms with Crippen LogP contribution in [0.15, 0.2) is 18.2 Å². The molecule has 1 aliphatic rings. The molecule has 1 aromatic carbocycles. The van der Waals surface area contributed by atoms with Gasteiger partial charge in [0.1, 0.15) is 0 Å². The number of nitrogens with two attached hydrogens (primary N) is 1. The van der Waals surface area contributed by atoms with Gasteiger partial charge in [0.25, 0.3) is 5.91 Å². The fourth-order valence-electron chi connectivity index (χ4n) is 2.52. The molecule has 0 bridgehead atoms. The van der Waals surface area contributed by atoms with E-state index in [1.54, 1.807) is 18.2 Å². The van der Waals surface area contributed by atoms with Crippen LogP contribution in [0.4, 0.5) is 5.69 Å². The molecule has 0 radical (unpaired) electrons. The summed E-state index contributed by atoms with van der Waals surface area (Å²) < 4.78 is 0. The molecular formula is C14H19ClN2O2. The highest BCUT2D eigenvalue weighted by Gasteiger charge is 2.21. The summed E-state index contributed by atoms with van der Waals surface area (Å²) in [7, 11) is 0. The lowest BCUT2D eigenvalue weighted by Crippen LogP contribution is -2.33. The van der Waals surface area contributed by atoms with Crippen molar-refractivity contribution in [2.24, 2.45) is 5.92 Å². The van der Waals surface area contributed by atoms with Crippen LogP contribution in [0.25, 0.3) is 0 Å². The van der Waals surface area contributed by atoms with Crippen molar-refractivity contribution in [3.63, 3.8) is 0 Å². The van der Waals surface area contributed by atoms with Crippen molar-refractivity contribution < 1.29 is 9.90 Å². The van der Waals surface area contributed by atoms with Crippen LogP contribution in [0.2, 0.25) is 5.02 Å².